The zero-order valence-electron chi connectivity index (χ0n) is 7.67. The second-order valence-electron chi connectivity index (χ2n) is 3.00. The van der Waals surface area contributed by atoms with E-state index in [0.717, 1.165) is 0 Å². The molecule has 0 spiro atoms. The van der Waals surface area contributed by atoms with Gasteiger partial charge in [0.15, 0.2) is 5.58 Å². The highest BCUT2D eigenvalue weighted by Gasteiger charge is 2.10. The number of allylic oxidation sites excluding steroid dienone is 1. The Hall–Kier alpha value is -1.000. The maximum absolute atomic E-state index is 11.4. The van der Waals surface area contributed by atoms with Crippen molar-refractivity contribution in [3.63, 3.8) is 0 Å². The van der Waals surface area contributed by atoms with Crippen LogP contribution in [0.3, 0.4) is 0 Å². The van der Waals surface area contributed by atoms with Crippen LogP contribution >= 0.6 is 27.5 Å². The summed E-state index contributed by atoms with van der Waals surface area (Å²) in [6, 6.07) is 3.37. The Labute approximate surface area is 99.1 Å². The molecule has 1 heterocycles. The highest BCUT2D eigenvalue weighted by Crippen LogP contribution is 2.27. The van der Waals surface area contributed by atoms with E-state index >= 15 is 0 Å². The van der Waals surface area contributed by atoms with Gasteiger partial charge in [0.05, 0.1) is 10.5 Å². The van der Waals surface area contributed by atoms with Gasteiger partial charge in [-0.15, -0.1) is 6.58 Å². The van der Waals surface area contributed by atoms with Gasteiger partial charge in [0.25, 0.3) is 0 Å². The van der Waals surface area contributed by atoms with Crippen molar-refractivity contribution in [1.82, 2.24) is 4.57 Å². The number of aromatic nitrogens is 1. The Kier molecular flexibility index (Phi) is 2.71. The van der Waals surface area contributed by atoms with Crippen molar-refractivity contribution in [3.8, 4) is 0 Å². The van der Waals surface area contributed by atoms with Gasteiger partial charge in [0.1, 0.15) is 0 Å². The third-order valence-electron chi connectivity index (χ3n) is 2.02. The first kappa shape index (κ1) is 10.5. The molecule has 0 fully saturated rings. The van der Waals surface area contributed by atoms with E-state index in [2.05, 4.69) is 22.5 Å². The molecule has 3 nitrogen and oxygen atoms in total. The second kappa shape index (κ2) is 3.87. The number of halogens is 2. The Morgan fingerprint density at radius 1 is 1.60 bits per heavy atom. The van der Waals surface area contributed by atoms with E-state index in [-0.39, 0.29) is 0 Å². The summed E-state index contributed by atoms with van der Waals surface area (Å²) >= 11 is 9.21. The Morgan fingerprint density at radius 2 is 2.33 bits per heavy atom. The summed E-state index contributed by atoms with van der Waals surface area (Å²) in [7, 11) is 0. The minimum Gasteiger partial charge on any atom is -0.408 e. The van der Waals surface area contributed by atoms with Crippen LogP contribution in [0.4, 0.5) is 0 Å². The minimum atomic E-state index is -0.404. The number of hydrogen-bond acceptors (Lipinski definition) is 2. The molecule has 0 saturated heterocycles. The van der Waals surface area contributed by atoms with E-state index in [1.807, 2.05) is 0 Å². The van der Waals surface area contributed by atoms with E-state index in [1.54, 1.807) is 18.2 Å². The van der Waals surface area contributed by atoms with Crippen LogP contribution in [0.1, 0.15) is 0 Å². The normalized spacial score (nSPS) is 10.8. The van der Waals surface area contributed by atoms with E-state index in [9.17, 15) is 4.79 Å². The Bertz CT molecular complexity index is 585. The van der Waals surface area contributed by atoms with Crippen LogP contribution in [0.5, 0.6) is 0 Å². The van der Waals surface area contributed by atoms with Crippen LogP contribution in [0.2, 0.25) is 5.02 Å². The van der Waals surface area contributed by atoms with E-state index < -0.39 is 5.76 Å². The topological polar surface area (TPSA) is 35.1 Å². The fraction of sp³-hybridized carbons (Fsp3) is 0.100. The first-order valence-corrected chi connectivity index (χ1v) is 5.40. The molecule has 0 atom stereocenters. The summed E-state index contributed by atoms with van der Waals surface area (Å²) < 4.78 is 7.24. The van der Waals surface area contributed by atoms with E-state index in [1.165, 1.54) is 4.57 Å². The molecule has 2 aromatic rings. The number of hydrogen-bond donors (Lipinski definition) is 0. The molecule has 78 valence electrons. The van der Waals surface area contributed by atoms with Crippen molar-refractivity contribution in [3.05, 3.63) is 44.8 Å². The van der Waals surface area contributed by atoms with Crippen molar-refractivity contribution in [2.24, 2.45) is 0 Å². The molecule has 0 radical (unpaired) electrons. The van der Waals surface area contributed by atoms with Gasteiger partial charge >= 0.3 is 5.76 Å². The van der Waals surface area contributed by atoms with Crippen molar-refractivity contribution < 1.29 is 4.42 Å². The number of benzene rings is 1. The molecule has 2 rings (SSSR count). The largest absolute Gasteiger partial charge is 0.420 e. The lowest BCUT2D eigenvalue weighted by atomic mass is 10.3. The first-order valence-electron chi connectivity index (χ1n) is 4.22. The first-order chi connectivity index (χ1) is 7.13. The fourth-order valence-electron chi connectivity index (χ4n) is 1.36. The molecule has 1 aromatic heterocycles. The molecule has 0 N–H and O–H groups in total. The van der Waals surface area contributed by atoms with Gasteiger partial charge < -0.3 is 4.42 Å². The summed E-state index contributed by atoms with van der Waals surface area (Å²) in [4.78, 5) is 11.4. The summed E-state index contributed by atoms with van der Waals surface area (Å²) in [5.74, 6) is -0.404. The second-order valence-corrected chi connectivity index (χ2v) is 4.26. The highest BCUT2D eigenvalue weighted by atomic mass is 79.9. The Balaban J connectivity index is 2.81. The standard InChI is InChI=1S/C10H7BrClNO2/c1-2-3-13-8-5-7(12)6(11)4-9(8)15-10(13)14/h2,4-5H,1,3H2. The van der Waals surface area contributed by atoms with Crippen LogP contribution in [0, 0.1) is 0 Å². The van der Waals surface area contributed by atoms with E-state index in [0.29, 0.717) is 27.1 Å². The number of rotatable bonds is 2. The Morgan fingerprint density at radius 3 is 3.00 bits per heavy atom. The van der Waals surface area contributed by atoms with Gasteiger partial charge in [-0.2, -0.15) is 0 Å². The number of fused-ring (bicyclic) bond motifs is 1. The molecule has 1 aromatic carbocycles. The molecule has 0 bridgehead atoms. The molecule has 5 heteroatoms. The molecule has 0 aliphatic heterocycles. The third kappa shape index (κ3) is 1.75. The van der Waals surface area contributed by atoms with Crippen molar-refractivity contribution in [1.29, 1.82) is 0 Å². The van der Waals surface area contributed by atoms with Gasteiger partial charge in [-0.05, 0) is 28.1 Å². The average molecular weight is 289 g/mol. The van der Waals surface area contributed by atoms with Crippen LogP contribution in [0.25, 0.3) is 11.1 Å². The lowest BCUT2D eigenvalue weighted by molar-refractivity contribution is 0.519. The average Bonchev–Trinajstić information content (AvgIpc) is 2.46. The van der Waals surface area contributed by atoms with Crippen molar-refractivity contribution in [2.75, 3.05) is 0 Å². The lowest BCUT2D eigenvalue weighted by Gasteiger charge is -1.98. The van der Waals surface area contributed by atoms with Gasteiger partial charge in [-0.1, -0.05) is 17.7 Å². The zero-order chi connectivity index (χ0) is 11.0. The minimum absolute atomic E-state index is 0.404. The monoisotopic (exact) mass is 287 g/mol. The van der Waals surface area contributed by atoms with Crippen LogP contribution in [-0.2, 0) is 6.54 Å². The molecule has 0 aliphatic carbocycles. The predicted octanol–water partition coefficient (Wildman–Crippen LogP) is 3.20. The molecule has 0 amide bonds. The van der Waals surface area contributed by atoms with Crippen molar-refractivity contribution >= 4 is 38.6 Å². The van der Waals surface area contributed by atoms with E-state index in [4.69, 9.17) is 16.0 Å². The maximum Gasteiger partial charge on any atom is 0.420 e. The maximum atomic E-state index is 11.4. The molecule has 15 heavy (non-hydrogen) atoms. The molecule has 0 saturated carbocycles. The van der Waals surface area contributed by atoms with Gasteiger partial charge in [-0.3, -0.25) is 4.57 Å². The van der Waals surface area contributed by atoms with Gasteiger partial charge in [0.2, 0.25) is 0 Å². The van der Waals surface area contributed by atoms with Crippen LogP contribution in [0.15, 0.2) is 38.5 Å². The smallest absolute Gasteiger partial charge is 0.408 e. The quantitative estimate of drug-likeness (QED) is 0.796. The highest BCUT2D eigenvalue weighted by molar-refractivity contribution is 9.10. The number of oxazole rings is 1. The zero-order valence-corrected chi connectivity index (χ0v) is 10.0. The number of nitrogens with zero attached hydrogens (tertiary/aromatic N) is 1. The fourth-order valence-corrected chi connectivity index (χ4v) is 1.84. The SMILES string of the molecule is C=CCn1c(=O)oc2cc(Br)c(Cl)cc21. The summed E-state index contributed by atoms with van der Waals surface area (Å²) in [6.07, 6.45) is 1.63. The molecule has 0 unspecified atom stereocenters. The molecule has 0 aliphatic rings. The van der Waals surface area contributed by atoms with Gasteiger partial charge in [-0.25, -0.2) is 4.79 Å². The summed E-state index contributed by atoms with van der Waals surface area (Å²) in [6.45, 7) is 3.99. The van der Waals surface area contributed by atoms with Crippen LogP contribution < -0.4 is 5.76 Å². The summed E-state index contributed by atoms with van der Waals surface area (Å²) in [5, 5.41) is 0.543. The van der Waals surface area contributed by atoms with Crippen LogP contribution in [-0.4, -0.2) is 4.57 Å². The van der Waals surface area contributed by atoms with Gasteiger partial charge in [0, 0.05) is 11.0 Å². The van der Waals surface area contributed by atoms with Crippen molar-refractivity contribution in [2.45, 2.75) is 6.54 Å². The third-order valence-corrected chi connectivity index (χ3v) is 3.22. The lowest BCUT2D eigenvalue weighted by Crippen LogP contribution is -2.12. The molecular formula is C10H7BrClNO2. The molecular weight excluding hydrogens is 281 g/mol. The predicted molar refractivity (Wildman–Crippen MR) is 63.4 cm³/mol. The summed E-state index contributed by atoms with van der Waals surface area (Å²) in [5.41, 5.74) is 1.19.